The average molecular weight is 221 g/mol. The third-order valence-electron chi connectivity index (χ3n) is 1.63. The van der Waals surface area contributed by atoms with E-state index in [1.54, 1.807) is 0 Å². The first-order valence-electron chi connectivity index (χ1n) is 3.52. The standard InChI is InChI=1S/C8H6Cl2O3/c9-5-2-1-4(3-6(11)12)8(13)7(5)10/h1-2,4H,3H2,(H,11,12). The Morgan fingerprint density at radius 1 is 1.54 bits per heavy atom. The van der Waals surface area contributed by atoms with E-state index in [0.717, 1.165) is 0 Å². The highest BCUT2D eigenvalue weighted by molar-refractivity contribution is 6.49. The lowest BCUT2D eigenvalue weighted by atomic mass is 9.96. The Hall–Kier alpha value is -0.800. The molecule has 1 N–H and O–H groups in total. The Bertz CT molecular complexity index is 317. The van der Waals surface area contributed by atoms with Crippen LogP contribution in [0.25, 0.3) is 0 Å². The number of allylic oxidation sites excluding steroid dienone is 4. The average Bonchev–Trinajstić information content (AvgIpc) is 2.06. The van der Waals surface area contributed by atoms with Gasteiger partial charge in [-0.3, -0.25) is 9.59 Å². The van der Waals surface area contributed by atoms with Gasteiger partial charge in [0.05, 0.1) is 17.4 Å². The molecule has 1 aliphatic rings. The first-order chi connectivity index (χ1) is 6.02. The molecule has 70 valence electrons. The Morgan fingerprint density at radius 3 is 2.69 bits per heavy atom. The van der Waals surface area contributed by atoms with Crippen LogP contribution in [0, 0.1) is 5.92 Å². The van der Waals surface area contributed by atoms with Crippen molar-refractivity contribution in [1.29, 1.82) is 0 Å². The van der Waals surface area contributed by atoms with Crippen molar-refractivity contribution in [2.24, 2.45) is 5.92 Å². The fraction of sp³-hybridized carbons (Fsp3) is 0.250. The number of carboxylic acids is 1. The van der Waals surface area contributed by atoms with E-state index in [4.69, 9.17) is 28.3 Å². The van der Waals surface area contributed by atoms with Crippen LogP contribution >= 0.6 is 23.2 Å². The topological polar surface area (TPSA) is 54.4 Å². The zero-order valence-corrected chi connectivity index (χ0v) is 7.97. The molecule has 0 saturated heterocycles. The molecule has 0 amide bonds. The first-order valence-corrected chi connectivity index (χ1v) is 4.27. The maximum atomic E-state index is 11.3. The highest BCUT2D eigenvalue weighted by Crippen LogP contribution is 2.27. The molecule has 13 heavy (non-hydrogen) atoms. The molecule has 0 aromatic heterocycles. The molecule has 1 rings (SSSR count). The largest absolute Gasteiger partial charge is 0.481 e. The zero-order chi connectivity index (χ0) is 10.0. The maximum absolute atomic E-state index is 11.3. The molecule has 3 nitrogen and oxygen atoms in total. The van der Waals surface area contributed by atoms with Crippen molar-refractivity contribution >= 4 is 35.0 Å². The lowest BCUT2D eigenvalue weighted by Crippen LogP contribution is -2.19. The molecular weight excluding hydrogens is 215 g/mol. The lowest BCUT2D eigenvalue weighted by molar-refractivity contribution is -0.139. The van der Waals surface area contributed by atoms with Crippen LogP contribution in [0.1, 0.15) is 6.42 Å². The molecule has 0 fully saturated rings. The van der Waals surface area contributed by atoms with Crippen LogP contribution in [-0.2, 0) is 9.59 Å². The molecule has 0 aliphatic heterocycles. The summed E-state index contributed by atoms with van der Waals surface area (Å²) in [4.78, 5) is 21.6. The Morgan fingerprint density at radius 2 is 2.15 bits per heavy atom. The van der Waals surface area contributed by atoms with Gasteiger partial charge in [0.25, 0.3) is 0 Å². The zero-order valence-electron chi connectivity index (χ0n) is 6.46. The van der Waals surface area contributed by atoms with E-state index in [9.17, 15) is 9.59 Å². The lowest BCUT2D eigenvalue weighted by Gasteiger charge is -2.12. The van der Waals surface area contributed by atoms with Crippen LogP contribution < -0.4 is 0 Å². The van der Waals surface area contributed by atoms with Gasteiger partial charge in [-0.25, -0.2) is 0 Å². The summed E-state index contributed by atoms with van der Waals surface area (Å²) in [7, 11) is 0. The second-order valence-electron chi connectivity index (χ2n) is 2.59. The Kier molecular flexibility index (Phi) is 3.12. The molecule has 0 aromatic carbocycles. The van der Waals surface area contributed by atoms with E-state index in [-0.39, 0.29) is 16.5 Å². The van der Waals surface area contributed by atoms with Crippen molar-refractivity contribution in [1.82, 2.24) is 0 Å². The van der Waals surface area contributed by atoms with Gasteiger partial charge in [-0.2, -0.15) is 0 Å². The van der Waals surface area contributed by atoms with Crippen LogP contribution in [0.5, 0.6) is 0 Å². The van der Waals surface area contributed by atoms with E-state index < -0.39 is 17.7 Å². The molecule has 0 aromatic rings. The number of rotatable bonds is 2. The second kappa shape index (κ2) is 3.94. The first kappa shape index (κ1) is 10.3. The van der Waals surface area contributed by atoms with Crippen molar-refractivity contribution in [2.45, 2.75) is 6.42 Å². The third kappa shape index (κ3) is 2.32. The second-order valence-corrected chi connectivity index (χ2v) is 3.37. The Balaban J connectivity index is 2.81. The highest BCUT2D eigenvalue weighted by atomic mass is 35.5. The summed E-state index contributed by atoms with van der Waals surface area (Å²) in [6.45, 7) is 0. The van der Waals surface area contributed by atoms with Crippen molar-refractivity contribution in [3.63, 3.8) is 0 Å². The summed E-state index contributed by atoms with van der Waals surface area (Å²) in [5, 5.41) is 8.53. The minimum atomic E-state index is -1.04. The number of carbonyl (C=O) groups is 2. The van der Waals surface area contributed by atoms with Crippen molar-refractivity contribution < 1.29 is 14.7 Å². The molecule has 0 bridgehead atoms. The third-order valence-corrected chi connectivity index (χ3v) is 2.43. The number of carboxylic acid groups (broad SMARTS) is 1. The fourth-order valence-electron chi connectivity index (χ4n) is 0.991. The molecule has 0 heterocycles. The fourth-order valence-corrected chi connectivity index (χ4v) is 1.36. The van der Waals surface area contributed by atoms with E-state index in [1.165, 1.54) is 12.2 Å². The van der Waals surface area contributed by atoms with Crippen LogP contribution in [0.15, 0.2) is 22.2 Å². The van der Waals surface area contributed by atoms with Gasteiger partial charge in [-0.15, -0.1) is 0 Å². The molecular formula is C8H6Cl2O3. The quantitative estimate of drug-likeness (QED) is 0.774. The summed E-state index contributed by atoms with van der Waals surface area (Å²) in [5.74, 6) is -2.16. The summed E-state index contributed by atoms with van der Waals surface area (Å²) < 4.78 is 0. The predicted octanol–water partition coefficient (Wildman–Crippen LogP) is 1.91. The molecule has 1 atom stereocenters. The number of hydrogen-bond acceptors (Lipinski definition) is 2. The van der Waals surface area contributed by atoms with Crippen LogP contribution in [0.3, 0.4) is 0 Å². The smallest absolute Gasteiger partial charge is 0.304 e. The van der Waals surface area contributed by atoms with Gasteiger partial charge >= 0.3 is 5.97 Å². The molecule has 1 unspecified atom stereocenters. The van der Waals surface area contributed by atoms with Crippen molar-refractivity contribution in [3.05, 3.63) is 22.2 Å². The number of hydrogen-bond donors (Lipinski definition) is 1. The van der Waals surface area contributed by atoms with E-state index >= 15 is 0 Å². The molecule has 0 radical (unpaired) electrons. The van der Waals surface area contributed by atoms with Gasteiger partial charge in [-0.05, 0) is 6.08 Å². The van der Waals surface area contributed by atoms with E-state index in [1.807, 2.05) is 0 Å². The van der Waals surface area contributed by atoms with Gasteiger partial charge in [-0.1, -0.05) is 29.3 Å². The highest BCUT2D eigenvalue weighted by Gasteiger charge is 2.25. The van der Waals surface area contributed by atoms with Gasteiger partial charge in [0.15, 0.2) is 5.78 Å². The predicted molar refractivity (Wildman–Crippen MR) is 48.6 cm³/mol. The van der Waals surface area contributed by atoms with E-state index in [2.05, 4.69) is 0 Å². The summed E-state index contributed by atoms with van der Waals surface area (Å²) in [6.07, 6.45) is 2.64. The normalized spacial score (nSPS) is 22.3. The van der Waals surface area contributed by atoms with Crippen LogP contribution in [0.2, 0.25) is 0 Å². The van der Waals surface area contributed by atoms with E-state index in [0.29, 0.717) is 0 Å². The molecule has 0 spiro atoms. The number of aliphatic carboxylic acids is 1. The number of Topliss-reactive ketones (excluding diaryl/α,β-unsaturated/α-hetero) is 1. The van der Waals surface area contributed by atoms with Gasteiger partial charge < -0.3 is 5.11 Å². The minimum Gasteiger partial charge on any atom is -0.481 e. The van der Waals surface area contributed by atoms with Crippen LogP contribution in [-0.4, -0.2) is 16.9 Å². The number of carbonyl (C=O) groups excluding carboxylic acids is 1. The van der Waals surface area contributed by atoms with Gasteiger partial charge in [0.1, 0.15) is 5.03 Å². The monoisotopic (exact) mass is 220 g/mol. The SMILES string of the molecule is O=C(O)CC1C=CC(Cl)=C(Cl)C1=O. The molecule has 0 saturated carbocycles. The number of ketones is 1. The number of halogens is 2. The van der Waals surface area contributed by atoms with Crippen molar-refractivity contribution in [3.8, 4) is 0 Å². The van der Waals surface area contributed by atoms with Crippen molar-refractivity contribution in [2.75, 3.05) is 0 Å². The minimum absolute atomic E-state index is 0.0876. The summed E-state index contributed by atoms with van der Waals surface area (Å²) in [6, 6.07) is 0. The molecule has 1 aliphatic carbocycles. The molecule has 5 heteroatoms. The maximum Gasteiger partial charge on any atom is 0.304 e. The Labute approximate surface area is 84.6 Å². The van der Waals surface area contributed by atoms with Gasteiger partial charge in [0, 0.05) is 0 Å². The summed E-state index contributed by atoms with van der Waals surface area (Å²) in [5.41, 5.74) is 0. The summed E-state index contributed by atoms with van der Waals surface area (Å²) >= 11 is 11.1. The van der Waals surface area contributed by atoms with Gasteiger partial charge in [0.2, 0.25) is 0 Å². The van der Waals surface area contributed by atoms with Crippen LogP contribution in [0.4, 0.5) is 0 Å².